The fourth-order valence-electron chi connectivity index (χ4n) is 1.19. The van der Waals surface area contributed by atoms with Crippen LogP contribution < -0.4 is 10.6 Å². The van der Waals surface area contributed by atoms with Crippen molar-refractivity contribution >= 4 is 11.8 Å². The Balaban J connectivity index is 2.61. The van der Waals surface area contributed by atoms with Crippen LogP contribution >= 0.6 is 0 Å². The zero-order valence-corrected chi connectivity index (χ0v) is 9.22. The topological polar surface area (TPSA) is 58.2 Å². The Morgan fingerprint density at radius 1 is 1.24 bits per heavy atom. The fourth-order valence-corrected chi connectivity index (χ4v) is 1.19. The first-order valence-corrected chi connectivity index (χ1v) is 5.04. The molecule has 0 spiro atoms. The molecule has 2 amide bonds. The van der Waals surface area contributed by atoms with E-state index in [1.165, 1.54) is 0 Å². The molecule has 17 heavy (non-hydrogen) atoms. The van der Waals surface area contributed by atoms with Crippen molar-refractivity contribution in [3.05, 3.63) is 35.4 Å². The molecule has 92 valence electrons. The van der Waals surface area contributed by atoms with E-state index in [1.54, 1.807) is 6.92 Å². The summed E-state index contributed by atoms with van der Waals surface area (Å²) in [4.78, 5) is 22.5. The quantitative estimate of drug-likeness (QED) is 0.821. The van der Waals surface area contributed by atoms with Crippen LogP contribution in [0.4, 0.5) is 8.78 Å². The number of likely N-dealkylation sites (N-methyl/N-ethyl adjacent to an activating group) is 1. The Hall–Kier alpha value is -1.98. The monoisotopic (exact) mass is 242 g/mol. The highest BCUT2D eigenvalue weighted by molar-refractivity contribution is 5.96. The van der Waals surface area contributed by atoms with Gasteiger partial charge in [-0.2, -0.15) is 0 Å². The molecule has 2 N–H and O–H groups in total. The van der Waals surface area contributed by atoms with Crippen LogP contribution in [0.1, 0.15) is 17.3 Å². The maximum Gasteiger partial charge on any atom is 0.254 e. The summed E-state index contributed by atoms with van der Waals surface area (Å²) in [5, 5.41) is 4.70. The first-order valence-electron chi connectivity index (χ1n) is 5.04. The fraction of sp³-hybridized carbons (Fsp3) is 0.273. The van der Waals surface area contributed by atoms with Crippen LogP contribution in [0.5, 0.6) is 0 Å². The molecule has 0 aliphatic carbocycles. The molecule has 0 aromatic heterocycles. The van der Waals surface area contributed by atoms with Crippen molar-refractivity contribution in [2.24, 2.45) is 0 Å². The second-order valence-corrected chi connectivity index (χ2v) is 3.26. The highest BCUT2D eigenvalue weighted by Crippen LogP contribution is 2.08. The largest absolute Gasteiger partial charge is 0.355 e. The van der Waals surface area contributed by atoms with Crippen LogP contribution in [0.3, 0.4) is 0 Å². The number of nitrogens with one attached hydrogen (secondary N) is 2. The number of hydrogen-bond acceptors (Lipinski definition) is 2. The first-order chi connectivity index (χ1) is 8.04. The van der Waals surface area contributed by atoms with Gasteiger partial charge in [-0.25, -0.2) is 8.78 Å². The van der Waals surface area contributed by atoms with Crippen molar-refractivity contribution < 1.29 is 18.4 Å². The number of rotatable bonds is 4. The van der Waals surface area contributed by atoms with E-state index in [0.29, 0.717) is 12.6 Å². The van der Waals surface area contributed by atoms with Crippen molar-refractivity contribution in [3.63, 3.8) is 0 Å². The molecule has 1 aromatic rings. The normalized spacial score (nSPS) is 9.82. The average Bonchev–Trinajstić information content (AvgIpc) is 2.26. The summed E-state index contributed by atoms with van der Waals surface area (Å²) in [6.45, 7) is 1.93. The molecule has 0 atom stereocenters. The van der Waals surface area contributed by atoms with E-state index in [-0.39, 0.29) is 18.0 Å². The summed E-state index contributed by atoms with van der Waals surface area (Å²) in [5.74, 6) is -2.85. The number of hydrogen-bond donors (Lipinski definition) is 2. The van der Waals surface area contributed by atoms with Gasteiger partial charge in [0.2, 0.25) is 5.91 Å². The molecule has 4 nitrogen and oxygen atoms in total. The average molecular weight is 242 g/mol. The van der Waals surface area contributed by atoms with Crippen LogP contribution in [0.15, 0.2) is 18.2 Å². The second kappa shape index (κ2) is 5.93. The lowest BCUT2D eigenvalue weighted by Crippen LogP contribution is -2.37. The molecule has 0 heterocycles. The van der Waals surface area contributed by atoms with Crippen molar-refractivity contribution in [1.29, 1.82) is 0 Å². The molecule has 6 heteroatoms. The molecule has 0 saturated carbocycles. The minimum Gasteiger partial charge on any atom is -0.355 e. The summed E-state index contributed by atoms with van der Waals surface area (Å²) in [6.07, 6.45) is 0. The first kappa shape index (κ1) is 13.1. The summed E-state index contributed by atoms with van der Waals surface area (Å²) >= 11 is 0. The molecule has 0 aliphatic rings. The predicted octanol–water partition coefficient (Wildman–Crippen LogP) is 0.831. The lowest BCUT2D eigenvalue weighted by Gasteiger charge is -2.06. The van der Waals surface area contributed by atoms with Gasteiger partial charge in [0, 0.05) is 12.6 Å². The minimum absolute atomic E-state index is 0.247. The van der Waals surface area contributed by atoms with E-state index in [2.05, 4.69) is 10.6 Å². The van der Waals surface area contributed by atoms with Gasteiger partial charge in [0.15, 0.2) is 0 Å². The maximum absolute atomic E-state index is 13.2. The van der Waals surface area contributed by atoms with Gasteiger partial charge in [-0.05, 0) is 19.1 Å². The van der Waals surface area contributed by atoms with E-state index in [9.17, 15) is 18.4 Å². The molecule has 0 radical (unpaired) electrons. The van der Waals surface area contributed by atoms with Gasteiger partial charge in [-0.3, -0.25) is 9.59 Å². The van der Waals surface area contributed by atoms with E-state index >= 15 is 0 Å². The second-order valence-electron chi connectivity index (χ2n) is 3.26. The van der Waals surface area contributed by atoms with Crippen LogP contribution in [-0.2, 0) is 4.79 Å². The molecular weight excluding hydrogens is 230 g/mol. The Morgan fingerprint density at radius 3 is 2.53 bits per heavy atom. The summed E-state index contributed by atoms with van der Waals surface area (Å²) in [6, 6.07) is 2.61. The van der Waals surface area contributed by atoms with Gasteiger partial charge < -0.3 is 10.6 Å². The van der Waals surface area contributed by atoms with Crippen molar-refractivity contribution in [3.8, 4) is 0 Å². The Bertz CT molecular complexity index is 435. The highest BCUT2D eigenvalue weighted by atomic mass is 19.1. The van der Waals surface area contributed by atoms with Crippen LogP contribution in [-0.4, -0.2) is 24.9 Å². The van der Waals surface area contributed by atoms with Crippen LogP contribution in [0.25, 0.3) is 0 Å². The number of amides is 2. The third kappa shape index (κ3) is 3.82. The molecule has 0 fully saturated rings. The Kier molecular flexibility index (Phi) is 4.56. The SMILES string of the molecule is CCNC(=O)CNC(=O)c1ccc(F)cc1F. The number of carbonyl (C=O) groups is 2. The van der Waals surface area contributed by atoms with Crippen molar-refractivity contribution in [2.75, 3.05) is 13.1 Å². The third-order valence-electron chi connectivity index (χ3n) is 1.96. The zero-order chi connectivity index (χ0) is 12.8. The lowest BCUT2D eigenvalue weighted by atomic mass is 10.2. The number of benzene rings is 1. The number of carbonyl (C=O) groups excluding carboxylic acids is 2. The van der Waals surface area contributed by atoms with Gasteiger partial charge in [-0.15, -0.1) is 0 Å². The minimum atomic E-state index is -0.960. The van der Waals surface area contributed by atoms with Gasteiger partial charge in [-0.1, -0.05) is 0 Å². The molecule has 1 rings (SSSR count). The summed E-state index contributed by atoms with van der Waals surface area (Å²) < 4.78 is 25.8. The summed E-state index contributed by atoms with van der Waals surface area (Å²) in [5.41, 5.74) is -0.296. The van der Waals surface area contributed by atoms with Crippen LogP contribution in [0.2, 0.25) is 0 Å². The van der Waals surface area contributed by atoms with Gasteiger partial charge in [0.25, 0.3) is 5.91 Å². The van der Waals surface area contributed by atoms with Gasteiger partial charge >= 0.3 is 0 Å². The zero-order valence-electron chi connectivity index (χ0n) is 9.22. The van der Waals surface area contributed by atoms with E-state index in [0.717, 1.165) is 12.1 Å². The van der Waals surface area contributed by atoms with E-state index in [4.69, 9.17) is 0 Å². The van der Waals surface area contributed by atoms with Crippen molar-refractivity contribution in [1.82, 2.24) is 10.6 Å². The van der Waals surface area contributed by atoms with E-state index in [1.807, 2.05) is 0 Å². The lowest BCUT2D eigenvalue weighted by molar-refractivity contribution is -0.120. The molecular formula is C11H12F2N2O2. The molecule has 0 aliphatic heterocycles. The Morgan fingerprint density at radius 2 is 1.94 bits per heavy atom. The third-order valence-corrected chi connectivity index (χ3v) is 1.96. The van der Waals surface area contributed by atoms with Gasteiger partial charge in [0.1, 0.15) is 11.6 Å². The van der Waals surface area contributed by atoms with Crippen LogP contribution in [0, 0.1) is 11.6 Å². The maximum atomic E-state index is 13.2. The molecule has 0 bridgehead atoms. The van der Waals surface area contributed by atoms with Gasteiger partial charge in [0.05, 0.1) is 12.1 Å². The summed E-state index contributed by atoms with van der Waals surface area (Å²) in [7, 11) is 0. The molecule has 1 aromatic carbocycles. The molecule has 0 unspecified atom stereocenters. The smallest absolute Gasteiger partial charge is 0.254 e. The number of halogens is 2. The highest BCUT2D eigenvalue weighted by Gasteiger charge is 2.12. The van der Waals surface area contributed by atoms with E-state index < -0.39 is 17.5 Å². The van der Waals surface area contributed by atoms with Crippen molar-refractivity contribution in [2.45, 2.75) is 6.92 Å². The standard InChI is InChI=1S/C11H12F2N2O2/c1-2-14-10(16)6-15-11(17)8-4-3-7(12)5-9(8)13/h3-5H,2,6H2,1H3,(H,14,16)(H,15,17). The molecule has 0 saturated heterocycles. The Labute approximate surface area is 97.0 Å². The predicted molar refractivity (Wildman–Crippen MR) is 57.4 cm³/mol.